The molecule has 3 aromatic heterocycles. The lowest BCUT2D eigenvalue weighted by Gasteiger charge is -2.13. The Balaban J connectivity index is 2.39. The number of fused-ring (bicyclic) bond motifs is 1. The van der Waals surface area contributed by atoms with Crippen molar-refractivity contribution in [3.05, 3.63) is 43.8 Å². The minimum atomic E-state index is -2.81. The van der Waals surface area contributed by atoms with Crippen LogP contribution in [0.4, 0.5) is 8.78 Å². The number of halogens is 2. The molecule has 0 fully saturated rings. The summed E-state index contributed by atoms with van der Waals surface area (Å²) >= 11 is 6.63. The highest BCUT2D eigenvalue weighted by atomic mass is 32.1. The summed E-state index contributed by atoms with van der Waals surface area (Å²) in [5, 5.41) is -0.142. The van der Waals surface area contributed by atoms with E-state index in [1.807, 2.05) is 19.1 Å². The number of H-pyrrole nitrogens is 1. The van der Waals surface area contributed by atoms with Gasteiger partial charge in [-0.1, -0.05) is 0 Å². The van der Waals surface area contributed by atoms with Gasteiger partial charge in [-0.2, -0.15) is 0 Å². The van der Waals surface area contributed by atoms with Gasteiger partial charge in [0.25, 0.3) is 12.0 Å². The standard InChI is InChI=1S/C16H15F2N3O2S2/c1-8-3-4-11(25-8)10-7-9(13(17)18)12-14(19-10)21(5-6-23-2)16(24)20-15(12)22/h3-4,7,13H,5-6H2,1-2H3,(H,20,22,24). The summed E-state index contributed by atoms with van der Waals surface area (Å²) in [5.41, 5.74) is -0.476. The van der Waals surface area contributed by atoms with Crippen molar-refractivity contribution in [2.24, 2.45) is 0 Å². The molecule has 0 aromatic carbocycles. The average Bonchev–Trinajstić information content (AvgIpc) is 3.00. The third kappa shape index (κ3) is 3.39. The molecule has 3 heterocycles. The number of thiophene rings is 1. The first kappa shape index (κ1) is 17.8. The molecule has 132 valence electrons. The molecule has 3 aromatic rings. The van der Waals surface area contributed by atoms with Crippen molar-refractivity contribution in [3.8, 4) is 10.6 Å². The van der Waals surface area contributed by atoms with Gasteiger partial charge >= 0.3 is 0 Å². The predicted molar refractivity (Wildman–Crippen MR) is 96.1 cm³/mol. The van der Waals surface area contributed by atoms with E-state index >= 15 is 0 Å². The zero-order valence-electron chi connectivity index (χ0n) is 13.5. The molecule has 1 N–H and O–H groups in total. The molecule has 0 spiro atoms. The van der Waals surface area contributed by atoms with Gasteiger partial charge in [-0.3, -0.25) is 9.78 Å². The van der Waals surface area contributed by atoms with Crippen LogP contribution in [0.2, 0.25) is 0 Å². The van der Waals surface area contributed by atoms with E-state index in [2.05, 4.69) is 9.97 Å². The third-order valence-corrected chi connectivity index (χ3v) is 5.07. The number of hydrogen-bond donors (Lipinski definition) is 1. The SMILES string of the molecule is COCCn1c(=S)[nH]c(=O)c2c(C(F)F)cc(-c3ccc(C)s3)nc21. The van der Waals surface area contributed by atoms with Gasteiger partial charge in [0.15, 0.2) is 4.77 Å². The summed E-state index contributed by atoms with van der Waals surface area (Å²) in [5.74, 6) is 0. The van der Waals surface area contributed by atoms with Crippen LogP contribution in [-0.4, -0.2) is 28.3 Å². The first-order valence-corrected chi connectivity index (χ1v) is 8.66. The van der Waals surface area contributed by atoms with E-state index in [-0.39, 0.29) is 21.4 Å². The molecule has 0 radical (unpaired) electrons. The molecular weight excluding hydrogens is 368 g/mol. The lowest BCUT2D eigenvalue weighted by atomic mass is 10.1. The Labute approximate surface area is 150 Å². The zero-order valence-corrected chi connectivity index (χ0v) is 15.1. The number of aryl methyl sites for hydroxylation is 1. The number of pyridine rings is 1. The van der Waals surface area contributed by atoms with Crippen molar-refractivity contribution in [1.29, 1.82) is 0 Å². The molecule has 3 rings (SSSR count). The fraction of sp³-hybridized carbons (Fsp3) is 0.312. The molecule has 0 unspecified atom stereocenters. The first-order valence-electron chi connectivity index (χ1n) is 7.44. The van der Waals surface area contributed by atoms with Crippen molar-refractivity contribution >= 4 is 34.6 Å². The Morgan fingerprint density at radius 1 is 1.44 bits per heavy atom. The summed E-state index contributed by atoms with van der Waals surface area (Å²) in [4.78, 5) is 21.0. The maximum Gasteiger partial charge on any atom is 0.264 e. The average molecular weight is 383 g/mol. The molecule has 0 saturated carbocycles. The fourth-order valence-electron chi connectivity index (χ4n) is 2.56. The number of nitrogens with zero attached hydrogens (tertiary/aromatic N) is 2. The second kappa shape index (κ2) is 7.11. The van der Waals surface area contributed by atoms with E-state index in [0.29, 0.717) is 18.8 Å². The van der Waals surface area contributed by atoms with Crippen LogP contribution in [0.15, 0.2) is 23.0 Å². The quantitative estimate of drug-likeness (QED) is 0.675. The molecule has 0 amide bonds. The summed E-state index contributed by atoms with van der Waals surface area (Å²) in [6, 6.07) is 4.99. The van der Waals surface area contributed by atoms with Crippen molar-refractivity contribution in [2.75, 3.05) is 13.7 Å². The van der Waals surface area contributed by atoms with Gasteiger partial charge in [0.2, 0.25) is 0 Å². The summed E-state index contributed by atoms with van der Waals surface area (Å²) in [6.07, 6.45) is -2.81. The van der Waals surface area contributed by atoms with E-state index in [0.717, 1.165) is 9.75 Å². The topological polar surface area (TPSA) is 59.9 Å². The minimum Gasteiger partial charge on any atom is -0.383 e. The molecule has 0 aliphatic rings. The van der Waals surface area contributed by atoms with Gasteiger partial charge in [0, 0.05) is 17.6 Å². The highest BCUT2D eigenvalue weighted by Crippen LogP contribution is 2.32. The smallest absolute Gasteiger partial charge is 0.264 e. The van der Waals surface area contributed by atoms with E-state index in [1.54, 1.807) is 0 Å². The maximum atomic E-state index is 13.6. The first-order chi connectivity index (χ1) is 11.9. The number of aromatic amines is 1. The number of methoxy groups -OCH3 is 1. The van der Waals surface area contributed by atoms with E-state index in [1.165, 1.54) is 29.1 Å². The predicted octanol–water partition coefficient (Wildman–Crippen LogP) is 4.08. The van der Waals surface area contributed by atoms with Crippen LogP contribution in [-0.2, 0) is 11.3 Å². The maximum absolute atomic E-state index is 13.6. The van der Waals surface area contributed by atoms with Gasteiger partial charge in [0.1, 0.15) is 5.65 Å². The molecular formula is C16H15F2N3O2S2. The monoisotopic (exact) mass is 383 g/mol. The highest BCUT2D eigenvalue weighted by Gasteiger charge is 2.20. The highest BCUT2D eigenvalue weighted by molar-refractivity contribution is 7.71. The van der Waals surface area contributed by atoms with Crippen LogP contribution in [0.25, 0.3) is 21.6 Å². The van der Waals surface area contributed by atoms with Crippen molar-refractivity contribution in [1.82, 2.24) is 14.5 Å². The number of nitrogens with one attached hydrogen (secondary N) is 1. The Kier molecular flexibility index (Phi) is 5.07. The van der Waals surface area contributed by atoms with Crippen LogP contribution in [0.5, 0.6) is 0 Å². The van der Waals surface area contributed by atoms with Crippen molar-refractivity contribution < 1.29 is 13.5 Å². The second-order valence-corrected chi connectivity index (χ2v) is 7.08. The van der Waals surface area contributed by atoms with Crippen LogP contribution in [0.3, 0.4) is 0 Å². The van der Waals surface area contributed by atoms with E-state index < -0.39 is 12.0 Å². The molecule has 0 atom stereocenters. The summed E-state index contributed by atoms with van der Waals surface area (Å²) < 4.78 is 33.9. The summed E-state index contributed by atoms with van der Waals surface area (Å²) in [6.45, 7) is 2.53. The Bertz CT molecular complexity index is 1040. The lowest BCUT2D eigenvalue weighted by Crippen LogP contribution is -2.19. The normalized spacial score (nSPS) is 11.6. The Morgan fingerprint density at radius 3 is 2.80 bits per heavy atom. The van der Waals surface area contributed by atoms with Gasteiger partial charge in [-0.15, -0.1) is 11.3 Å². The van der Waals surface area contributed by atoms with Gasteiger partial charge in [0.05, 0.1) is 29.1 Å². The second-order valence-electron chi connectivity index (χ2n) is 5.41. The minimum absolute atomic E-state index is 0.127. The molecule has 0 aliphatic heterocycles. The zero-order chi connectivity index (χ0) is 18.1. The lowest BCUT2D eigenvalue weighted by molar-refractivity contribution is 0.153. The molecule has 0 bridgehead atoms. The van der Waals surface area contributed by atoms with E-state index in [4.69, 9.17) is 17.0 Å². The van der Waals surface area contributed by atoms with E-state index in [9.17, 15) is 13.6 Å². The largest absolute Gasteiger partial charge is 0.383 e. The molecule has 9 heteroatoms. The summed E-state index contributed by atoms with van der Waals surface area (Å²) in [7, 11) is 1.52. The Morgan fingerprint density at radius 2 is 2.20 bits per heavy atom. The molecule has 5 nitrogen and oxygen atoms in total. The fourth-order valence-corrected chi connectivity index (χ4v) is 3.66. The van der Waals surface area contributed by atoms with Gasteiger partial charge in [-0.25, -0.2) is 13.8 Å². The molecule has 0 aliphatic carbocycles. The van der Waals surface area contributed by atoms with Crippen molar-refractivity contribution in [3.63, 3.8) is 0 Å². The number of alkyl halides is 2. The number of ether oxygens (including phenoxy) is 1. The van der Waals surface area contributed by atoms with Gasteiger partial charge in [-0.05, 0) is 37.3 Å². The van der Waals surface area contributed by atoms with Crippen LogP contribution in [0, 0.1) is 11.7 Å². The van der Waals surface area contributed by atoms with Gasteiger partial charge < -0.3 is 9.30 Å². The molecule has 0 saturated heterocycles. The number of rotatable bonds is 5. The number of aromatic nitrogens is 3. The number of hydrogen-bond acceptors (Lipinski definition) is 5. The van der Waals surface area contributed by atoms with Crippen LogP contribution < -0.4 is 5.56 Å². The van der Waals surface area contributed by atoms with Crippen molar-refractivity contribution in [2.45, 2.75) is 19.9 Å². The van der Waals surface area contributed by atoms with Crippen LogP contribution in [0.1, 0.15) is 16.9 Å². The molecule has 25 heavy (non-hydrogen) atoms. The van der Waals surface area contributed by atoms with Crippen LogP contribution >= 0.6 is 23.6 Å². The third-order valence-electron chi connectivity index (χ3n) is 3.73. The Hall–Kier alpha value is -1.97.